The highest BCUT2D eigenvalue weighted by Gasteiger charge is 2.34. The fourth-order valence-electron chi connectivity index (χ4n) is 4.33. The summed E-state index contributed by atoms with van der Waals surface area (Å²) < 4.78 is 0. The van der Waals surface area contributed by atoms with E-state index in [4.69, 9.17) is 0 Å². The minimum Gasteiger partial charge on any atom is -0.369 e. The lowest BCUT2D eigenvalue weighted by atomic mass is 9.79. The standard InChI is InChI=1S/C25H29N3OS/c1-15-8-7-9-19(10-15)26-24-27-23(29)22(30-24)13-18-12-20-17(3)14-25(4,5)28(6)21(20)11-16(18)2/h7-13,17H,14H2,1-6H3,(H,26,27,29)/b22-13-/t17-/m0/s1. The molecule has 5 heteroatoms. The number of amidine groups is 1. The Morgan fingerprint density at radius 2 is 2.00 bits per heavy atom. The Balaban J connectivity index is 1.66. The summed E-state index contributed by atoms with van der Waals surface area (Å²) in [6, 6.07) is 12.5. The number of thioether (sulfide) groups is 1. The molecule has 2 aromatic rings. The molecule has 2 aliphatic rings. The molecular formula is C25H29N3OS. The Labute approximate surface area is 183 Å². The van der Waals surface area contributed by atoms with Crippen LogP contribution in [0.1, 0.15) is 55.4 Å². The van der Waals surface area contributed by atoms with Gasteiger partial charge in [-0.3, -0.25) is 4.79 Å². The van der Waals surface area contributed by atoms with Gasteiger partial charge in [-0.25, -0.2) is 4.99 Å². The van der Waals surface area contributed by atoms with Crippen LogP contribution in [0.25, 0.3) is 6.08 Å². The minimum absolute atomic E-state index is 0.0881. The quantitative estimate of drug-likeness (QED) is 0.615. The molecule has 0 saturated carbocycles. The van der Waals surface area contributed by atoms with Gasteiger partial charge in [-0.1, -0.05) is 19.1 Å². The van der Waals surface area contributed by atoms with Crippen LogP contribution in [-0.2, 0) is 4.79 Å². The summed E-state index contributed by atoms with van der Waals surface area (Å²) in [5, 5.41) is 3.53. The Bertz CT molecular complexity index is 1080. The fraction of sp³-hybridized carbons (Fsp3) is 0.360. The molecule has 30 heavy (non-hydrogen) atoms. The van der Waals surface area contributed by atoms with E-state index in [0.717, 1.165) is 23.2 Å². The molecule has 2 aliphatic heterocycles. The number of amides is 1. The van der Waals surface area contributed by atoms with Crippen molar-refractivity contribution in [2.45, 2.75) is 52.5 Å². The van der Waals surface area contributed by atoms with E-state index in [2.05, 4.69) is 62.1 Å². The molecule has 1 amide bonds. The van der Waals surface area contributed by atoms with Crippen molar-refractivity contribution < 1.29 is 4.79 Å². The first-order valence-corrected chi connectivity index (χ1v) is 11.2. The van der Waals surface area contributed by atoms with E-state index in [0.29, 0.717) is 16.0 Å². The lowest BCUT2D eigenvalue weighted by molar-refractivity contribution is -0.115. The predicted octanol–water partition coefficient (Wildman–Crippen LogP) is 5.92. The van der Waals surface area contributed by atoms with E-state index in [9.17, 15) is 4.79 Å². The summed E-state index contributed by atoms with van der Waals surface area (Å²) in [5.41, 5.74) is 7.06. The number of carbonyl (C=O) groups excluding carboxylic acids is 1. The van der Waals surface area contributed by atoms with Crippen molar-refractivity contribution in [1.82, 2.24) is 5.32 Å². The topological polar surface area (TPSA) is 44.7 Å². The summed E-state index contributed by atoms with van der Waals surface area (Å²) in [5.74, 6) is 0.391. The van der Waals surface area contributed by atoms with Crippen LogP contribution in [-0.4, -0.2) is 23.7 Å². The highest BCUT2D eigenvalue weighted by molar-refractivity contribution is 8.18. The maximum absolute atomic E-state index is 12.6. The molecule has 156 valence electrons. The third kappa shape index (κ3) is 3.91. The molecule has 2 aromatic carbocycles. The van der Waals surface area contributed by atoms with Crippen molar-refractivity contribution >= 4 is 40.3 Å². The van der Waals surface area contributed by atoms with Crippen LogP contribution >= 0.6 is 11.8 Å². The van der Waals surface area contributed by atoms with Crippen LogP contribution in [0.15, 0.2) is 46.3 Å². The van der Waals surface area contributed by atoms with Gasteiger partial charge < -0.3 is 10.2 Å². The summed E-state index contributed by atoms with van der Waals surface area (Å²) in [4.78, 5) is 20.2. The molecule has 0 radical (unpaired) electrons. The van der Waals surface area contributed by atoms with Crippen LogP contribution in [0.2, 0.25) is 0 Å². The zero-order chi connectivity index (χ0) is 21.6. The number of anilines is 1. The number of nitrogens with zero attached hydrogens (tertiary/aromatic N) is 2. The third-order valence-electron chi connectivity index (χ3n) is 6.19. The Morgan fingerprint density at radius 1 is 1.23 bits per heavy atom. The monoisotopic (exact) mass is 419 g/mol. The molecule has 0 bridgehead atoms. The molecule has 1 fully saturated rings. The predicted molar refractivity (Wildman–Crippen MR) is 129 cm³/mol. The molecule has 1 atom stereocenters. The first-order valence-electron chi connectivity index (χ1n) is 10.4. The largest absolute Gasteiger partial charge is 0.369 e. The Morgan fingerprint density at radius 3 is 2.73 bits per heavy atom. The number of carbonyl (C=O) groups is 1. The van der Waals surface area contributed by atoms with E-state index in [1.807, 2.05) is 37.3 Å². The molecule has 1 N–H and O–H groups in total. The highest BCUT2D eigenvalue weighted by atomic mass is 32.2. The second kappa shape index (κ2) is 7.62. The fourth-order valence-corrected chi connectivity index (χ4v) is 5.16. The molecule has 4 rings (SSSR count). The van der Waals surface area contributed by atoms with Crippen LogP contribution in [0.3, 0.4) is 0 Å². The number of nitrogens with one attached hydrogen (secondary N) is 1. The molecule has 0 aromatic heterocycles. The second-order valence-corrected chi connectivity index (χ2v) is 10.1. The van der Waals surface area contributed by atoms with Crippen LogP contribution in [0.5, 0.6) is 0 Å². The molecular weight excluding hydrogens is 390 g/mol. The number of fused-ring (bicyclic) bond motifs is 1. The molecule has 1 saturated heterocycles. The second-order valence-electron chi connectivity index (χ2n) is 9.06. The van der Waals surface area contributed by atoms with E-state index in [1.54, 1.807) is 0 Å². The number of rotatable bonds is 2. The molecule has 0 spiro atoms. The van der Waals surface area contributed by atoms with Gasteiger partial charge in [0.1, 0.15) is 0 Å². The number of hydrogen-bond acceptors (Lipinski definition) is 4. The molecule has 4 nitrogen and oxygen atoms in total. The minimum atomic E-state index is -0.0881. The lowest BCUT2D eigenvalue weighted by Crippen LogP contribution is -2.45. The maximum Gasteiger partial charge on any atom is 0.264 e. The van der Waals surface area contributed by atoms with Crippen molar-refractivity contribution in [2.75, 3.05) is 11.9 Å². The van der Waals surface area contributed by atoms with Gasteiger partial charge in [-0.15, -0.1) is 0 Å². The van der Waals surface area contributed by atoms with E-state index in [1.165, 1.54) is 28.6 Å². The number of aryl methyl sites for hydroxylation is 2. The summed E-state index contributed by atoms with van der Waals surface area (Å²) >= 11 is 1.40. The normalized spacial score (nSPS) is 23.1. The zero-order valence-corrected chi connectivity index (χ0v) is 19.4. The van der Waals surface area contributed by atoms with E-state index < -0.39 is 0 Å². The third-order valence-corrected chi connectivity index (χ3v) is 7.10. The van der Waals surface area contributed by atoms with Gasteiger partial charge >= 0.3 is 0 Å². The molecule has 0 aliphatic carbocycles. The van der Waals surface area contributed by atoms with Gasteiger partial charge in [0, 0.05) is 18.3 Å². The van der Waals surface area contributed by atoms with Crippen molar-refractivity contribution in [1.29, 1.82) is 0 Å². The number of benzene rings is 2. The molecule has 0 unspecified atom stereocenters. The molecule has 2 heterocycles. The number of aliphatic imine (C=N–C) groups is 1. The van der Waals surface area contributed by atoms with Gasteiger partial charge in [-0.05, 0) is 104 Å². The summed E-state index contributed by atoms with van der Waals surface area (Å²) in [7, 11) is 2.18. The van der Waals surface area contributed by atoms with E-state index in [-0.39, 0.29) is 11.4 Å². The van der Waals surface area contributed by atoms with Crippen molar-refractivity contribution in [3.05, 3.63) is 63.6 Å². The van der Waals surface area contributed by atoms with Crippen LogP contribution < -0.4 is 10.2 Å². The first kappa shape index (κ1) is 20.7. The zero-order valence-electron chi connectivity index (χ0n) is 18.5. The highest BCUT2D eigenvalue weighted by Crippen LogP contribution is 2.44. The average molecular weight is 420 g/mol. The van der Waals surface area contributed by atoms with Gasteiger partial charge in [0.15, 0.2) is 5.17 Å². The summed E-state index contributed by atoms with van der Waals surface area (Å²) in [6.07, 6.45) is 3.11. The van der Waals surface area contributed by atoms with Crippen LogP contribution in [0.4, 0.5) is 11.4 Å². The van der Waals surface area contributed by atoms with Crippen molar-refractivity contribution in [2.24, 2.45) is 4.99 Å². The van der Waals surface area contributed by atoms with Crippen molar-refractivity contribution in [3.63, 3.8) is 0 Å². The Kier molecular flexibility index (Phi) is 5.27. The van der Waals surface area contributed by atoms with Crippen molar-refractivity contribution in [3.8, 4) is 0 Å². The lowest BCUT2D eigenvalue weighted by Gasteiger charge is -2.45. The van der Waals surface area contributed by atoms with Gasteiger partial charge in [0.05, 0.1) is 10.6 Å². The number of hydrogen-bond donors (Lipinski definition) is 1. The van der Waals surface area contributed by atoms with Gasteiger partial charge in [0.2, 0.25) is 0 Å². The smallest absolute Gasteiger partial charge is 0.264 e. The summed E-state index contributed by atoms with van der Waals surface area (Å²) in [6.45, 7) is 11.0. The van der Waals surface area contributed by atoms with Gasteiger partial charge in [0.25, 0.3) is 5.91 Å². The Hall–Kier alpha value is -2.53. The van der Waals surface area contributed by atoms with E-state index >= 15 is 0 Å². The maximum atomic E-state index is 12.6. The average Bonchev–Trinajstić information content (AvgIpc) is 2.99. The SMILES string of the molecule is Cc1cccc(N=C2NC(=O)/C(=C/c3cc4c(cc3C)N(C)C(C)(C)C[C@@H]4C)S2)c1. The first-order chi connectivity index (χ1) is 14.1. The van der Waals surface area contributed by atoms with Gasteiger partial charge in [-0.2, -0.15) is 0 Å². The van der Waals surface area contributed by atoms with Crippen LogP contribution in [0, 0.1) is 13.8 Å².